The van der Waals surface area contributed by atoms with Gasteiger partial charge in [0.1, 0.15) is 6.42 Å². The highest BCUT2D eigenvalue weighted by atomic mass is 35.5. The summed E-state index contributed by atoms with van der Waals surface area (Å²) in [7, 11) is 0. The molecule has 1 aromatic rings. The van der Waals surface area contributed by atoms with Gasteiger partial charge in [0.25, 0.3) is 0 Å². The van der Waals surface area contributed by atoms with Gasteiger partial charge in [-0.3, -0.25) is 9.59 Å². The maximum absolute atomic E-state index is 11.5. The summed E-state index contributed by atoms with van der Waals surface area (Å²) >= 11 is 5.79. The summed E-state index contributed by atoms with van der Waals surface area (Å²) in [6, 6.07) is 7.48. The number of benzene rings is 1. The minimum atomic E-state index is -0.243. The van der Waals surface area contributed by atoms with Crippen LogP contribution in [0.15, 0.2) is 24.3 Å². The van der Waals surface area contributed by atoms with Crippen LogP contribution in [0.25, 0.3) is 0 Å². The lowest BCUT2D eigenvalue weighted by Crippen LogP contribution is -2.33. The molecule has 0 unspecified atom stereocenters. The normalized spacial score (nSPS) is 10.1. The van der Waals surface area contributed by atoms with Crippen LogP contribution in [0.3, 0.4) is 0 Å². The van der Waals surface area contributed by atoms with Gasteiger partial charge in [-0.15, -0.1) is 0 Å². The molecular weight excluding hydrogens is 276 g/mol. The Labute approximate surface area is 124 Å². The van der Waals surface area contributed by atoms with Gasteiger partial charge in [-0.2, -0.15) is 0 Å². The van der Waals surface area contributed by atoms with Crippen LogP contribution in [0.4, 0.5) is 0 Å². The minimum absolute atomic E-state index is 0.107. The third-order valence-electron chi connectivity index (χ3n) is 2.82. The van der Waals surface area contributed by atoms with Gasteiger partial charge in [-0.25, -0.2) is 0 Å². The van der Waals surface area contributed by atoms with Crippen molar-refractivity contribution < 1.29 is 9.59 Å². The summed E-state index contributed by atoms with van der Waals surface area (Å²) in [5.74, 6) is -0.463. The molecule has 0 aliphatic heterocycles. The van der Waals surface area contributed by atoms with Crippen molar-refractivity contribution in [1.82, 2.24) is 10.6 Å². The van der Waals surface area contributed by atoms with Crippen LogP contribution in [-0.4, -0.2) is 24.9 Å². The number of hydrogen-bond acceptors (Lipinski definition) is 2. The van der Waals surface area contributed by atoms with Gasteiger partial charge in [-0.1, -0.05) is 37.1 Å². The summed E-state index contributed by atoms with van der Waals surface area (Å²) in [6.07, 6.45) is 2.57. The largest absolute Gasteiger partial charge is 0.356 e. The third-order valence-corrected chi connectivity index (χ3v) is 3.07. The Balaban J connectivity index is 2.16. The van der Waals surface area contributed by atoms with Crippen molar-refractivity contribution in [1.29, 1.82) is 0 Å². The molecule has 0 saturated heterocycles. The molecule has 4 nitrogen and oxygen atoms in total. The van der Waals surface area contributed by atoms with E-state index in [0.717, 1.165) is 24.8 Å². The van der Waals surface area contributed by atoms with Crippen molar-refractivity contribution in [2.75, 3.05) is 13.1 Å². The van der Waals surface area contributed by atoms with Crippen molar-refractivity contribution in [3.05, 3.63) is 34.9 Å². The summed E-state index contributed by atoms with van der Waals surface area (Å²) < 4.78 is 0. The Morgan fingerprint density at radius 2 is 1.65 bits per heavy atom. The first-order valence-corrected chi connectivity index (χ1v) is 7.27. The maximum atomic E-state index is 11.5. The fourth-order valence-corrected chi connectivity index (χ4v) is 1.80. The molecule has 5 heteroatoms. The SMILES string of the molecule is CCCCNC(=O)CC(=O)NCCc1ccc(Cl)cc1. The highest BCUT2D eigenvalue weighted by molar-refractivity contribution is 6.30. The molecule has 0 radical (unpaired) electrons. The predicted octanol–water partition coefficient (Wildman–Crippen LogP) is 2.31. The van der Waals surface area contributed by atoms with E-state index < -0.39 is 0 Å². The summed E-state index contributed by atoms with van der Waals surface area (Å²) in [6.45, 7) is 3.20. The van der Waals surface area contributed by atoms with Gasteiger partial charge in [0.15, 0.2) is 0 Å². The molecule has 0 aliphatic rings. The first-order valence-electron chi connectivity index (χ1n) is 6.89. The molecule has 0 heterocycles. The lowest BCUT2D eigenvalue weighted by atomic mass is 10.1. The van der Waals surface area contributed by atoms with Gasteiger partial charge in [0.05, 0.1) is 0 Å². The molecule has 0 aliphatic carbocycles. The number of amides is 2. The fraction of sp³-hybridized carbons (Fsp3) is 0.467. The van der Waals surface area contributed by atoms with Crippen LogP contribution in [0.2, 0.25) is 5.02 Å². The van der Waals surface area contributed by atoms with E-state index in [2.05, 4.69) is 17.6 Å². The van der Waals surface area contributed by atoms with Crippen molar-refractivity contribution in [3.8, 4) is 0 Å². The van der Waals surface area contributed by atoms with Gasteiger partial charge in [0, 0.05) is 18.1 Å². The van der Waals surface area contributed by atoms with Gasteiger partial charge < -0.3 is 10.6 Å². The number of rotatable bonds is 8. The Hall–Kier alpha value is -1.55. The second-order valence-corrected chi connectivity index (χ2v) is 5.04. The van der Waals surface area contributed by atoms with Gasteiger partial charge in [-0.05, 0) is 30.5 Å². The Kier molecular flexibility index (Phi) is 7.73. The van der Waals surface area contributed by atoms with Crippen LogP contribution in [0, 0.1) is 0 Å². The number of hydrogen-bond donors (Lipinski definition) is 2. The van der Waals surface area contributed by atoms with Crippen LogP contribution < -0.4 is 10.6 Å². The summed E-state index contributed by atoms with van der Waals surface area (Å²) in [5, 5.41) is 6.14. The number of unbranched alkanes of at least 4 members (excludes halogenated alkanes) is 1. The molecule has 1 rings (SSSR count). The van der Waals surface area contributed by atoms with E-state index in [9.17, 15) is 9.59 Å². The van der Waals surface area contributed by atoms with Crippen LogP contribution in [0.5, 0.6) is 0 Å². The monoisotopic (exact) mass is 296 g/mol. The summed E-state index contributed by atoms with van der Waals surface area (Å²) in [4.78, 5) is 22.9. The standard InChI is InChI=1S/C15H21ClN2O2/c1-2-3-9-17-14(19)11-15(20)18-10-8-12-4-6-13(16)7-5-12/h4-7H,2-3,8-11H2,1H3,(H,17,19)(H,18,20). The molecule has 0 spiro atoms. The van der Waals surface area contributed by atoms with Crippen molar-refractivity contribution >= 4 is 23.4 Å². The van der Waals surface area contributed by atoms with Gasteiger partial charge in [0.2, 0.25) is 11.8 Å². The lowest BCUT2D eigenvalue weighted by Gasteiger charge is -2.06. The van der Waals surface area contributed by atoms with E-state index in [0.29, 0.717) is 18.1 Å². The van der Waals surface area contributed by atoms with Crippen LogP contribution in [0.1, 0.15) is 31.7 Å². The average molecular weight is 297 g/mol. The molecular formula is C15H21ClN2O2. The van der Waals surface area contributed by atoms with Crippen LogP contribution in [-0.2, 0) is 16.0 Å². The Morgan fingerprint density at radius 1 is 1.05 bits per heavy atom. The average Bonchev–Trinajstić information content (AvgIpc) is 2.41. The van der Waals surface area contributed by atoms with Crippen LogP contribution >= 0.6 is 11.6 Å². The smallest absolute Gasteiger partial charge is 0.229 e. The van der Waals surface area contributed by atoms with Crippen molar-refractivity contribution in [3.63, 3.8) is 0 Å². The Bertz CT molecular complexity index is 432. The number of halogens is 1. The topological polar surface area (TPSA) is 58.2 Å². The number of carbonyl (C=O) groups is 2. The fourth-order valence-electron chi connectivity index (χ4n) is 1.67. The molecule has 2 N–H and O–H groups in total. The summed E-state index contributed by atoms with van der Waals surface area (Å²) in [5.41, 5.74) is 1.10. The zero-order valence-corrected chi connectivity index (χ0v) is 12.5. The van der Waals surface area contributed by atoms with E-state index in [1.165, 1.54) is 0 Å². The first kappa shape index (κ1) is 16.5. The molecule has 0 atom stereocenters. The lowest BCUT2D eigenvalue weighted by molar-refractivity contribution is -0.129. The molecule has 0 bridgehead atoms. The highest BCUT2D eigenvalue weighted by Gasteiger charge is 2.07. The first-order chi connectivity index (χ1) is 9.61. The predicted molar refractivity (Wildman–Crippen MR) is 80.7 cm³/mol. The van der Waals surface area contributed by atoms with Gasteiger partial charge >= 0.3 is 0 Å². The number of nitrogens with one attached hydrogen (secondary N) is 2. The molecule has 1 aromatic carbocycles. The van der Waals surface area contributed by atoms with Crippen molar-refractivity contribution in [2.24, 2.45) is 0 Å². The second kappa shape index (κ2) is 9.37. The maximum Gasteiger partial charge on any atom is 0.229 e. The minimum Gasteiger partial charge on any atom is -0.356 e. The second-order valence-electron chi connectivity index (χ2n) is 4.61. The zero-order valence-electron chi connectivity index (χ0n) is 11.7. The zero-order chi connectivity index (χ0) is 14.8. The van der Waals surface area contributed by atoms with E-state index >= 15 is 0 Å². The highest BCUT2D eigenvalue weighted by Crippen LogP contribution is 2.09. The van der Waals surface area contributed by atoms with Crippen molar-refractivity contribution in [2.45, 2.75) is 32.6 Å². The molecule has 20 heavy (non-hydrogen) atoms. The molecule has 0 saturated carbocycles. The van der Waals surface area contributed by atoms with E-state index in [-0.39, 0.29) is 18.2 Å². The van der Waals surface area contributed by atoms with E-state index in [1.807, 2.05) is 24.3 Å². The molecule has 2 amide bonds. The Morgan fingerprint density at radius 3 is 2.25 bits per heavy atom. The van der Waals surface area contributed by atoms with E-state index in [1.54, 1.807) is 0 Å². The quantitative estimate of drug-likeness (QED) is 0.571. The number of carbonyl (C=O) groups excluding carboxylic acids is 2. The molecule has 0 aromatic heterocycles. The third kappa shape index (κ3) is 7.14. The molecule has 0 fully saturated rings. The molecule has 110 valence electrons. The van der Waals surface area contributed by atoms with E-state index in [4.69, 9.17) is 11.6 Å².